The van der Waals surface area contributed by atoms with Gasteiger partial charge in [-0.25, -0.2) is 0 Å². The van der Waals surface area contributed by atoms with Crippen LogP contribution >= 0.6 is 0 Å². The van der Waals surface area contributed by atoms with Crippen molar-refractivity contribution in [3.63, 3.8) is 0 Å². The summed E-state index contributed by atoms with van der Waals surface area (Å²) < 4.78 is 39.5. The molecule has 0 fully saturated rings. The average Bonchev–Trinajstić information content (AvgIpc) is 3.12. The molecule has 0 saturated heterocycles. The molecule has 0 aromatic heterocycles. The lowest BCUT2D eigenvalue weighted by atomic mass is 10.2. The van der Waals surface area contributed by atoms with E-state index in [0.29, 0.717) is 17.1 Å². The minimum atomic E-state index is -2.94. The van der Waals surface area contributed by atoms with Crippen molar-refractivity contribution in [1.29, 1.82) is 0 Å². The molecule has 142 valence electrons. The first-order valence-corrected chi connectivity index (χ1v) is 7.96. The van der Waals surface area contributed by atoms with Gasteiger partial charge in [0.25, 0.3) is 5.91 Å². The van der Waals surface area contributed by atoms with Crippen LogP contribution in [0.4, 0.5) is 8.78 Å². The Morgan fingerprint density at radius 2 is 2.04 bits per heavy atom. The number of fused-ring (bicyclic) bond motifs is 1. The number of para-hydroxylation sites is 1. The lowest BCUT2D eigenvalue weighted by Crippen LogP contribution is -2.26. The number of rotatable bonds is 8. The van der Waals surface area contributed by atoms with Crippen LogP contribution in [0, 0.1) is 0 Å². The number of nitrogens with one attached hydrogen (secondary N) is 1. The summed E-state index contributed by atoms with van der Waals surface area (Å²) in [4.78, 5) is 16.7. The van der Waals surface area contributed by atoms with Crippen LogP contribution in [0.3, 0.4) is 0 Å². The molecule has 0 atom stereocenters. The van der Waals surface area contributed by atoms with E-state index in [-0.39, 0.29) is 31.6 Å². The van der Waals surface area contributed by atoms with Gasteiger partial charge >= 0.3 is 6.61 Å². The lowest BCUT2D eigenvalue weighted by Gasteiger charge is -2.07. The molecular weight excluding hydrogens is 362 g/mol. The van der Waals surface area contributed by atoms with Crippen LogP contribution < -0.4 is 19.5 Å². The summed E-state index contributed by atoms with van der Waals surface area (Å²) in [7, 11) is 0. The van der Waals surface area contributed by atoms with Crippen molar-refractivity contribution < 1.29 is 32.6 Å². The molecule has 1 amide bonds. The zero-order chi connectivity index (χ0) is 19.1. The zero-order valence-electron chi connectivity index (χ0n) is 14.1. The molecule has 1 aliphatic rings. The maximum Gasteiger partial charge on any atom is 0.387 e. The number of carbonyl (C=O) groups excluding carboxylic acids is 1. The van der Waals surface area contributed by atoms with Crippen molar-refractivity contribution in [2.45, 2.75) is 13.2 Å². The highest BCUT2D eigenvalue weighted by Crippen LogP contribution is 2.32. The number of carbonyl (C=O) groups is 1. The molecule has 27 heavy (non-hydrogen) atoms. The maximum atomic E-state index is 12.3. The summed E-state index contributed by atoms with van der Waals surface area (Å²) >= 11 is 0. The molecule has 0 unspecified atom stereocenters. The summed E-state index contributed by atoms with van der Waals surface area (Å²) in [5.74, 6) is 0.875. The average molecular weight is 378 g/mol. The Morgan fingerprint density at radius 3 is 2.89 bits per heavy atom. The minimum absolute atomic E-state index is 0.0351. The van der Waals surface area contributed by atoms with Crippen molar-refractivity contribution in [1.82, 2.24) is 5.32 Å². The summed E-state index contributed by atoms with van der Waals surface area (Å²) in [5, 5.41) is 6.27. The summed E-state index contributed by atoms with van der Waals surface area (Å²) in [6.45, 7) is -2.79. The fourth-order valence-corrected chi connectivity index (χ4v) is 2.28. The van der Waals surface area contributed by atoms with Crippen molar-refractivity contribution in [3.8, 4) is 17.2 Å². The van der Waals surface area contributed by atoms with E-state index in [1.54, 1.807) is 24.3 Å². The predicted molar refractivity (Wildman–Crippen MR) is 91.0 cm³/mol. The van der Waals surface area contributed by atoms with Gasteiger partial charge in [-0.3, -0.25) is 4.79 Å². The highest BCUT2D eigenvalue weighted by Gasteiger charge is 2.13. The molecule has 1 aliphatic heterocycles. The highest BCUT2D eigenvalue weighted by atomic mass is 19.3. The molecule has 1 N–H and O–H groups in total. The topological polar surface area (TPSA) is 78.4 Å². The Morgan fingerprint density at radius 1 is 1.22 bits per heavy atom. The molecule has 2 aromatic carbocycles. The number of ether oxygens (including phenoxy) is 3. The van der Waals surface area contributed by atoms with Crippen LogP contribution in [0.2, 0.25) is 0 Å². The first-order chi connectivity index (χ1) is 13.1. The second-order valence-electron chi connectivity index (χ2n) is 5.39. The van der Waals surface area contributed by atoms with Gasteiger partial charge in [-0.1, -0.05) is 23.4 Å². The molecule has 1 heterocycles. The summed E-state index contributed by atoms with van der Waals surface area (Å²) in [6.07, 6.45) is 1.20. The normalized spacial score (nSPS) is 12.4. The number of amides is 1. The van der Waals surface area contributed by atoms with Gasteiger partial charge in [0, 0.05) is 12.1 Å². The fourth-order valence-electron chi connectivity index (χ4n) is 2.28. The Kier molecular flexibility index (Phi) is 6.03. The smallest absolute Gasteiger partial charge is 0.387 e. The molecule has 7 nitrogen and oxygen atoms in total. The zero-order valence-corrected chi connectivity index (χ0v) is 14.1. The van der Waals surface area contributed by atoms with E-state index >= 15 is 0 Å². The number of hydrogen-bond donors (Lipinski definition) is 1. The van der Waals surface area contributed by atoms with E-state index < -0.39 is 6.61 Å². The van der Waals surface area contributed by atoms with Gasteiger partial charge in [-0.05, 0) is 29.8 Å². The standard InChI is InChI=1S/C18H16F2N2O5/c19-18(20)27-14-4-2-1-3-13(14)9-22-26-10-17(23)21-8-12-5-6-15-16(7-12)25-11-24-15/h1-7,9,18H,8,10-11H2,(H,21,23)/b22-9-. The third-order valence-corrected chi connectivity index (χ3v) is 3.52. The van der Waals surface area contributed by atoms with Gasteiger partial charge in [-0.15, -0.1) is 0 Å². The third kappa shape index (κ3) is 5.30. The van der Waals surface area contributed by atoms with E-state index in [1.165, 1.54) is 18.3 Å². The Bertz CT molecular complexity index is 829. The second kappa shape index (κ2) is 8.84. The van der Waals surface area contributed by atoms with Gasteiger partial charge in [0.05, 0.1) is 6.21 Å². The third-order valence-electron chi connectivity index (χ3n) is 3.52. The van der Waals surface area contributed by atoms with E-state index in [9.17, 15) is 13.6 Å². The molecule has 9 heteroatoms. The molecule has 0 spiro atoms. The fraction of sp³-hybridized carbons (Fsp3) is 0.222. The van der Waals surface area contributed by atoms with E-state index in [0.717, 1.165) is 5.56 Å². The van der Waals surface area contributed by atoms with Crippen molar-refractivity contribution >= 4 is 12.1 Å². The van der Waals surface area contributed by atoms with Gasteiger partial charge in [0.1, 0.15) is 5.75 Å². The molecule has 0 aliphatic carbocycles. The second-order valence-corrected chi connectivity index (χ2v) is 5.39. The number of halogens is 2. The Balaban J connectivity index is 1.44. The van der Waals surface area contributed by atoms with Crippen molar-refractivity contribution in [2.75, 3.05) is 13.4 Å². The maximum absolute atomic E-state index is 12.3. The van der Waals surface area contributed by atoms with E-state index in [1.807, 2.05) is 6.07 Å². The van der Waals surface area contributed by atoms with Crippen LogP contribution in [0.1, 0.15) is 11.1 Å². The molecule has 0 bridgehead atoms. The van der Waals surface area contributed by atoms with Crippen LogP contribution in [0.5, 0.6) is 17.2 Å². The van der Waals surface area contributed by atoms with Crippen molar-refractivity contribution in [3.05, 3.63) is 53.6 Å². The van der Waals surface area contributed by atoms with Gasteiger partial charge < -0.3 is 24.4 Å². The van der Waals surface area contributed by atoms with Crippen LogP contribution in [0.25, 0.3) is 0 Å². The lowest BCUT2D eigenvalue weighted by molar-refractivity contribution is -0.125. The summed E-state index contributed by atoms with van der Waals surface area (Å²) in [6, 6.07) is 11.5. The quantitative estimate of drug-likeness (QED) is 0.565. The van der Waals surface area contributed by atoms with E-state index in [4.69, 9.17) is 14.3 Å². The monoisotopic (exact) mass is 378 g/mol. The molecule has 3 rings (SSSR count). The van der Waals surface area contributed by atoms with Crippen LogP contribution in [-0.4, -0.2) is 32.1 Å². The van der Waals surface area contributed by atoms with Gasteiger partial charge in [-0.2, -0.15) is 8.78 Å². The number of oxime groups is 1. The molecule has 0 saturated carbocycles. The molecular formula is C18H16F2N2O5. The molecule has 0 radical (unpaired) electrons. The number of nitrogens with zero attached hydrogens (tertiary/aromatic N) is 1. The van der Waals surface area contributed by atoms with Gasteiger partial charge in [0.2, 0.25) is 6.79 Å². The number of hydrogen-bond acceptors (Lipinski definition) is 6. The summed E-state index contributed by atoms with van der Waals surface area (Å²) in [5.41, 5.74) is 1.15. The van der Waals surface area contributed by atoms with Crippen molar-refractivity contribution in [2.24, 2.45) is 5.16 Å². The first kappa shape index (κ1) is 18.4. The first-order valence-electron chi connectivity index (χ1n) is 7.96. The van der Waals surface area contributed by atoms with Crippen LogP contribution in [0.15, 0.2) is 47.6 Å². The predicted octanol–water partition coefficient (Wildman–Crippen LogP) is 2.68. The van der Waals surface area contributed by atoms with Crippen LogP contribution in [-0.2, 0) is 16.2 Å². The van der Waals surface area contributed by atoms with Gasteiger partial charge in [0.15, 0.2) is 18.1 Å². The minimum Gasteiger partial charge on any atom is -0.454 e. The molecule has 2 aromatic rings. The highest BCUT2D eigenvalue weighted by molar-refractivity contribution is 5.83. The SMILES string of the molecule is O=C(CO/N=C\c1ccccc1OC(F)F)NCc1ccc2c(c1)OCO2. The Hall–Kier alpha value is -3.36. The number of benzene rings is 2. The number of alkyl halides is 2. The van der Waals surface area contributed by atoms with E-state index in [2.05, 4.69) is 15.2 Å². The largest absolute Gasteiger partial charge is 0.454 e. The Labute approximate surface area is 153 Å².